The minimum absolute atomic E-state index is 0.0670. The van der Waals surface area contributed by atoms with Crippen molar-refractivity contribution < 1.29 is 14.3 Å². The Bertz CT molecular complexity index is 1370. The average Bonchev–Trinajstić information content (AvgIpc) is 3.51. The average molecular weight is 560 g/mol. The number of nitrogens with zero attached hydrogens (tertiary/aromatic N) is 4. The Morgan fingerprint density at radius 3 is 2.51 bits per heavy atom. The smallest absolute Gasteiger partial charge is 0.240 e. The normalized spacial score (nSPS) is 20.0. The van der Waals surface area contributed by atoms with E-state index in [1.54, 1.807) is 7.11 Å². The zero-order valence-corrected chi connectivity index (χ0v) is 25.2. The third-order valence-electron chi connectivity index (χ3n) is 8.44. The molecule has 8 heteroatoms. The van der Waals surface area contributed by atoms with Crippen molar-refractivity contribution in [1.82, 2.24) is 24.6 Å². The van der Waals surface area contributed by atoms with Crippen molar-refractivity contribution in [2.75, 3.05) is 39.8 Å². The van der Waals surface area contributed by atoms with Gasteiger partial charge in [0.15, 0.2) is 0 Å². The molecule has 2 aliphatic rings. The first kappa shape index (κ1) is 29.1. The maximum absolute atomic E-state index is 14.0. The van der Waals surface area contributed by atoms with Gasteiger partial charge < -0.3 is 24.4 Å². The number of amides is 2. The number of aromatic nitrogens is 1. The largest absolute Gasteiger partial charge is 0.497 e. The van der Waals surface area contributed by atoms with Crippen molar-refractivity contribution >= 4 is 22.7 Å². The van der Waals surface area contributed by atoms with Gasteiger partial charge in [0, 0.05) is 76.5 Å². The molecule has 5 rings (SSSR count). The van der Waals surface area contributed by atoms with Crippen molar-refractivity contribution in [3.63, 3.8) is 0 Å². The van der Waals surface area contributed by atoms with Gasteiger partial charge in [-0.1, -0.05) is 51.1 Å². The van der Waals surface area contributed by atoms with Crippen molar-refractivity contribution in [2.45, 2.75) is 58.8 Å². The number of nitrogens with one attached hydrogen (secondary N) is 1. The fourth-order valence-corrected chi connectivity index (χ4v) is 6.28. The number of likely N-dealkylation sites (tertiary alicyclic amines) is 1. The van der Waals surface area contributed by atoms with Crippen molar-refractivity contribution in [3.8, 4) is 5.75 Å². The van der Waals surface area contributed by atoms with Crippen LogP contribution in [0.15, 0.2) is 54.6 Å². The Labute approximate surface area is 244 Å². The van der Waals surface area contributed by atoms with Gasteiger partial charge in [-0.3, -0.25) is 14.5 Å². The van der Waals surface area contributed by atoms with Crippen LogP contribution in [-0.4, -0.2) is 83.0 Å². The summed E-state index contributed by atoms with van der Waals surface area (Å²) in [5, 5.41) is 4.56. The van der Waals surface area contributed by atoms with E-state index >= 15 is 0 Å². The molecular weight excluding hydrogens is 514 g/mol. The van der Waals surface area contributed by atoms with E-state index in [1.165, 1.54) is 16.6 Å². The van der Waals surface area contributed by atoms with Crippen LogP contribution in [0.5, 0.6) is 5.75 Å². The van der Waals surface area contributed by atoms with E-state index in [0.29, 0.717) is 32.5 Å². The molecular formula is C33H45N5O3. The molecule has 1 N–H and O–H groups in total. The van der Waals surface area contributed by atoms with Gasteiger partial charge in [-0.25, -0.2) is 0 Å². The van der Waals surface area contributed by atoms with E-state index in [0.717, 1.165) is 37.5 Å². The number of ether oxygens (including phenoxy) is 1. The number of carbonyl (C=O) groups is 2. The van der Waals surface area contributed by atoms with Crippen LogP contribution in [0.25, 0.3) is 10.9 Å². The molecule has 2 saturated heterocycles. The number of hydrogen-bond donors (Lipinski definition) is 1. The highest BCUT2D eigenvalue weighted by Gasteiger charge is 2.43. The molecule has 0 saturated carbocycles. The minimum Gasteiger partial charge on any atom is -0.497 e. The summed E-state index contributed by atoms with van der Waals surface area (Å²) in [7, 11) is 3.76. The molecule has 2 aliphatic heterocycles. The predicted molar refractivity (Wildman–Crippen MR) is 163 cm³/mol. The molecule has 41 heavy (non-hydrogen) atoms. The Hall–Kier alpha value is -3.36. The minimum atomic E-state index is -0.272. The molecule has 2 atom stereocenters. The summed E-state index contributed by atoms with van der Waals surface area (Å²) >= 11 is 0. The third kappa shape index (κ3) is 6.76. The Balaban J connectivity index is 1.46. The Morgan fingerprint density at radius 1 is 1.05 bits per heavy atom. The van der Waals surface area contributed by atoms with Gasteiger partial charge in [0.2, 0.25) is 11.8 Å². The summed E-state index contributed by atoms with van der Waals surface area (Å²) < 4.78 is 7.70. The fraction of sp³-hybridized carbons (Fsp3) is 0.515. The van der Waals surface area contributed by atoms with Gasteiger partial charge in [0.1, 0.15) is 5.75 Å². The Kier molecular flexibility index (Phi) is 8.71. The molecule has 2 amide bonds. The highest BCUT2D eigenvalue weighted by molar-refractivity contribution is 5.84. The number of rotatable bonds is 8. The lowest BCUT2D eigenvalue weighted by Crippen LogP contribution is -2.52. The SMILES string of the molecule is COc1cccc(CN(C(=O)CC(C)(C)C)[C@H]2C[C@@H](C(=O)N3CCNCC3)N(Cc3cc4ccccc4n3C)C2)c1. The molecule has 0 bridgehead atoms. The molecule has 2 aromatic carbocycles. The van der Waals surface area contributed by atoms with E-state index in [4.69, 9.17) is 4.74 Å². The lowest BCUT2D eigenvalue weighted by Gasteiger charge is -2.33. The molecule has 0 spiro atoms. The van der Waals surface area contributed by atoms with Crippen LogP contribution in [0.4, 0.5) is 0 Å². The van der Waals surface area contributed by atoms with Gasteiger partial charge in [0.05, 0.1) is 13.2 Å². The second-order valence-electron chi connectivity index (χ2n) is 12.8. The van der Waals surface area contributed by atoms with Crippen molar-refractivity contribution in [3.05, 3.63) is 65.9 Å². The van der Waals surface area contributed by atoms with Crippen molar-refractivity contribution in [2.24, 2.45) is 12.5 Å². The van der Waals surface area contributed by atoms with Crippen LogP contribution in [0.1, 0.15) is 44.9 Å². The summed E-state index contributed by atoms with van der Waals surface area (Å²) in [6.45, 7) is 11.2. The molecule has 0 radical (unpaired) electrons. The van der Waals surface area contributed by atoms with Gasteiger partial charge >= 0.3 is 0 Å². The van der Waals surface area contributed by atoms with Crippen LogP contribution in [0.2, 0.25) is 0 Å². The number of methoxy groups -OCH3 is 1. The quantitative estimate of drug-likeness (QED) is 0.452. The number of hydrogen-bond acceptors (Lipinski definition) is 5. The lowest BCUT2D eigenvalue weighted by atomic mass is 9.91. The molecule has 0 aliphatic carbocycles. The topological polar surface area (TPSA) is 70.1 Å². The molecule has 3 heterocycles. The maximum Gasteiger partial charge on any atom is 0.240 e. The highest BCUT2D eigenvalue weighted by atomic mass is 16.5. The first-order valence-electron chi connectivity index (χ1n) is 14.8. The number of aryl methyl sites for hydroxylation is 1. The molecule has 1 aromatic heterocycles. The molecule has 8 nitrogen and oxygen atoms in total. The first-order chi connectivity index (χ1) is 19.6. The second kappa shape index (κ2) is 12.2. The van der Waals surface area contributed by atoms with E-state index in [1.807, 2.05) is 34.1 Å². The molecule has 220 valence electrons. The fourth-order valence-electron chi connectivity index (χ4n) is 6.28. The summed E-state index contributed by atoms with van der Waals surface area (Å²) in [5.74, 6) is 1.09. The zero-order valence-electron chi connectivity index (χ0n) is 25.2. The number of carbonyl (C=O) groups excluding carboxylic acids is 2. The summed E-state index contributed by atoms with van der Waals surface area (Å²) in [6.07, 6.45) is 1.08. The molecule has 0 unspecified atom stereocenters. The van der Waals surface area contributed by atoms with Crippen LogP contribution in [0.3, 0.4) is 0 Å². The van der Waals surface area contributed by atoms with Crippen LogP contribution < -0.4 is 10.1 Å². The predicted octanol–water partition coefficient (Wildman–Crippen LogP) is 4.03. The number of para-hydroxylation sites is 1. The van der Waals surface area contributed by atoms with Crippen LogP contribution in [0, 0.1) is 5.41 Å². The van der Waals surface area contributed by atoms with E-state index < -0.39 is 0 Å². The summed E-state index contributed by atoms with van der Waals surface area (Å²) in [5.41, 5.74) is 3.25. The Morgan fingerprint density at radius 2 is 1.80 bits per heavy atom. The van der Waals surface area contributed by atoms with Crippen LogP contribution >= 0.6 is 0 Å². The standard InChI is InChI=1S/C33H45N5O3/c1-33(2,3)20-31(39)38(21-24-9-8-11-28(17-24)41-5)27-19-30(32(40)36-15-13-34-14-16-36)37(23-27)22-26-18-25-10-6-7-12-29(25)35(26)4/h6-12,17-18,27,30,34H,13-16,19-23H2,1-5H3/t27-,30-/m0/s1. The second-order valence-corrected chi connectivity index (χ2v) is 12.8. The van der Waals surface area contributed by atoms with E-state index in [9.17, 15) is 9.59 Å². The first-order valence-corrected chi connectivity index (χ1v) is 14.8. The summed E-state index contributed by atoms with van der Waals surface area (Å²) in [6, 6.07) is 18.2. The monoisotopic (exact) mass is 559 g/mol. The highest BCUT2D eigenvalue weighted by Crippen LogP contribution is 2.31. The van der Waals surface area contributed by atoms with Gasteiger partial charge in [-0.15, -0.1) is 0 Å². The molecule has 3 aromatic rings. The van der Waals surface area contributed by atoms with Gasteiger partial charge in [-0.2, -0.15) is 0 Å². The number of piperazine rings is 1. The lowest BCUT2D eigenvalue weighted by molar-refractivity contribution is -0.138. The zero-order chi connectivity index (χ0) is 29.1. The van der Waals surface area contributed by atoms with Crippen LogP contribution in [-0.2, 0) is 29.7 Å². The molecule has 2 fully saturated rings. The maximum atomic E-state index is 14.0. The van der Waals surface area contributed by atoms with Gasteiger partial charge in [0.25, 0.3) is 0 Å². The van der Waals surface area contributed by atoms with E-state index in [-0.39, 0.29) is 29.3 Å². The van der Waals surface area contributed by atoms with Crippen molar-refractivity contribution in [1.29, 1.82) is 0 Å². The number of benzene rings is 2. The third-order valence-corrected chi connectivity index (χ3v) is 8.44. The van der Waals surface area contributed by atoms with E-state index in [2.05, 4.69) is 72.9 Å². The summed E-state index contributed by atoms with van der Waals surface area (Å²) in [4.78, 5) is 34.2. The van der Waals surface area contributed by atoms with Gasteiger partial charge in [-0.05, 0) is 47.1 Å². The number of fused-ring (bicyclic) bond motifs is 1.